The van der Waals surface area contributed by atoms with Gasteiger partial charge in [0.15, 0.2) is 0 Å². The third-order valence-electron chi connectivity index (χ3n) is 2.81. The fourth-order valence-corrected chi connectivity index (χ4v) is 2.02. The van der Waals surface area contributed by atoms with Crippen LogP contribution in [0.4, 0.5) is 0 Å². The third kappa shape index (κ3) is 6.81. The van der Waals surface area contributed by atoms with Crippen molar-refractivity contribution in [2.24, 2.45) is 0 Å². The minimum atomic E-state index is 0. The molecule has 108 valence electrons. The highest BCUT2D eigenvalue weighted by Gasteiger charge is 2.11. The summed E-state index contributed by atoms with van der Waals surface area (Å²) in [6.07, 6.45) is 1.47. The molecule has 0 atom stereocenters. The van der Waals surface area contributed by atoms with Crippen molar-refractivity contribution < 1.29 is 4.79 Å². The number of benzene rings is 1. The average Bonchev–Trinajstić information content (AvgIpc) is 2.36. The molecular formula is C14H22Cl2N2O. The second kappa shape index (κ2) is 10.1. The fourth-order valence-electron chi connectivity index (χ4n) is 1.81. The molecule has 0 saturated carbocycles. The molecular weight excluding hydrogens is 283 g/mol. The van der Waals surface area contributed by atoms with E-state index in [1.165, 1.54) is 0 Å². The van der Waals surface area contributed by atoms with Crippen LogP contribution in [0.15, 0.2) is 24.3 Å². The maximum atomic E-state index is 12.0. The first-order chi connectivity index (χ1) is 8.67. The zero-order chi connectivity index (χ0) is 13.4. The highest BCUT2D eigenvalue weighted by Crippen LogP contribution is 2.13. The molecule has 0 spiro atoms. The molecule has 1 aromatic rings. The summed E-state index contributed by atoms with van der Waals surface area (Å²) >= 11 is 5.94. The van der Waals surface area contributed by atoms with Crippen LogP contribution in [-0.2, 0) is 11.3 Å². The smallest absolute Gasteiger partial charge is 0.222 e. The number of amides is 1. The number of hydrogen-bond donors (Lipinski definition) is 1. The van der Waals surface area contributed by atoms with Crippen LogP contribution in [0.25, 0.3) is 0 Å². The molecule has 0 aromatic heterocycles. The lowest BCUT2D eigenvalue weighted by Gasteiger charge is -2.21. The van der Waals surface area contributed by atoms with Crippen LogP contribution >= 0.6 is 24.0 Å². The Balaban J connectivity index is 0.00000324. The van der Waals surface area contributed by atoms with E-state index in [-0.39, 0.29) is 18.3 Å². The van der Waals surface area contributed by atoms with Crippen molar-refractivity contribution in [2.45, 2.75) is 26.3 Å². The van der Waals surface area contributed by atoms with Crippen molar-refractivity contribution in [2.75, 3.05) is 20.1 Å². The number of carbonyl (C=O) groups is 1. The lowest BCUT2D eigenvalue weighted by molar-refractivity contribution is -0.131. The summed E-state index contributed by atoms with van der Waals surface area (Å²) < 4.78 is 0. The molecule has 5 heteroatoms. The Kier molecular flexibility index (Phi) is 9.66. The Bertz CT molecular complexity index is 385. The van der Waals surface area contributed by atoms with E-state index >= 15 is 0 Å². The predicted molar refractivity (Wildman–Crippen MR) is 83.0 cm³/mol. The number of halogens is 2. The first-order valence-electron chi connectivity index (χ1n) is 6.34. The van der Waals surface area contributed by atoms with E-state index in [1.54, 1.807) is 0 Å². The lowest BCUT2D eigenvalue weighted by atomic mass is 10.2. The van der Waals surface area contributed by atoms with Crippen LogP contribution in [0.2, 0.25) is 5.02 Å². The van der Waals surface area contributed by atoms with Gasteiger partial charge in [0.2, 0.25) is 5.91 Å². The second-order valence-corrected chi connectivity index (χ2v) is 4.68. The van der Waals surface area contributed by atoms with Gasteiger partial charge in [-0.15, -0.1) is 12.4 Å². The Morgan fingerprint density at radius 3 is 2.74 bits per heavy atom. The molecule has 0 fully saturated rings. The van der Waals surface area contributed by atoms with Crippen LogP contribution in [0, 0.1) is 0 Å². The molecule has 0 aliphatic rings. The summed E-state index contributed by atoms with van der Waals surface area (Å²) in [6.45, 7) is 4.24. The Hall–Kier alpha value is -0.770. The molecule has 0 heterocycles. The van der Waals surface area contributed by atoms with Crippen LogP contribution < -0.4 is 5.32 Å². The zero-order valence-corrected chi connectivity index (χ0v) is 13.1. The topological polar surface area (TPSA) is 32.3 Å². The van der Waals surface area contributed by atoms with Crippen LogP contribution in [0.3, 0.4) is 0 Å². The molecule has 1 amide bonds. The van der Waals surface area contributed by atoms with Crippen LogP contribution in [-0.4, -0.2) is 30.9 Å². The van der Waals surface area contributed by atoms with Gasteiger partial charge in [-0.3, -0.25) is 4.79 Å². The van der Waals surface area contributed by atoms with Crippen LogP contribution in [0.5, 0.6) is 0 Å². The van der Waals surface area contributed by atoms with Gasteiger partial charge in [0.1, 0.15) is 0 Å². The average molecular weight is 305 g/mol. The fraction of sp³-hybridized carbons (Fsp3) is 0.500. The van der Waals surface area contributed by atoms with Gasteiger partial charge in [0.25, 0.3) is 0 Å². The zero-order valence-electron chi connectivity index (χ0n) is 11.5. The summed E-state index contributed by atoms with van der Waals surface area (Å²) in [5.41, 5.74) is 1.08. The summed E-state index contributed by atoms with van der Waals surface area (Å²) in [5.74, 6) is 0.202. The molecule has 19 heavy (non-hydrogen) atoms. The molecule has 0 aliphatic heterocycles. The van der Waals surface area contributed by atoms with Gasteiger partial charge < -0.3 is 10.2 Å². The molecule has 0 aliphatic carbocycles. The standard InChI is InChI=1S/C14H21ClN2O.ClH/c1-3-17(14(18)8-5-9-16-2)11-12-6-4-7-13(15)10-12;/h4,6-7,10,16H,3,5,8-9,11H2,1-2H3;1H. The van der Waals surface area contributed by atoms with Crippen molar-refractivity contribution in [3.05, 3.63) is 34.9 Å². The van der Waals surface area contributed by atoms with E-state index in [0.29, 0.717) is 18.0 Å². The molecule has 3 nitrogen and oxygen atoms in total. The Labute approximate surface area is 126 Å². The van der Waals surface area contributed by atoms with E-state index < -0.39 is 0 Å². The van der Waals surface area contributed by atoms with Crippen LogP contribution in [0.1, 0.15) is 25.3 Å². The van der Waals surface area contributed by atoms with E-state index in [4.69, 9.17) is 11.6 Å². The Morgan fingerprint density at radius 1 is 1.42 bits per heavy atom. The highest BCUT2D eigenvalue weighted by molar-refractivity contribution is 6.30. The van der Waals surface area contributed by atoms with Gasteiger partial charge in [0, 0.05) is 24.5 Å². The SMILES string of the molecule is CCN(Cc1cccc(Cl)c1)C(=O)CCCNC.Cl. The lowest BCUT2D eigenvalue weighted by Crippen LogP contribution is -2.30. The number of nitrogens with zero attached hydrogens (tertiary/aromatic N) is 1. The molecule has 1 aromatic carbocycles. The third-order valence-corrected chi connectivity index (χ3v) is 3.05. The first-order valence-corrected chi connectivity index (χ1v) is 6.72. The molecule has 1 N–H and O–H groups in total. The summed E-state index contributed by atoms with van der Waals surface area (Å²) in [5, 5.41) is 3.76. The summed E-state index contributed by atoms with van der Waals surface area (Å²) in [4.78, 5) is 13.9. The molecule has 0 unspecified atom stereocenters. The number of hydrogen-bond acceptors (Lipinski definition) is 2. The normalized spacial score (nSPS) is 9.84. The van der Waals surface area contributed by atoms with Crippen molar-refractivity contribution in [3.8, 4) is 0 Å². The van der Waals surface area contributed by atoms with Gasteiger partial charge in [-0.2, -0.15) is 0 Å². The van der Waals surface area contributed by atoms with Gasteiger partial charge in [-0.1, -0.05) is 23.7 Å². The molecule has 0 bridgehead atoms. The van der Waals surface area contributed by atoms with E-state index in [9.17, 15) is 4.79 Å². The maximum absolute atomic E-state index is 12.0. The monoisotopic (exact) mass is 304 g/mol. The number of nitrogens with one attached hydrogen (secondary N) is 1. The maximum Gasteiger partial charge on any atom is 0.222 e. The minimum Gasteiger partial charge on any atom is -0.339 e. The molecule has 0 radical (unpaired) electrons. The van der Waals surface area contributed by atoms with Gasteiger partial charge in [-0.05, 0) is 44.6 Å². The van der Waals surface area contributed by atoms with Gasteiger partial charge in [0.05, 0.1) is 0 Å². The number of rotatable bonds is 7. The quantitative estimate of drug-likeness (QED) is 0.785. The molecule has 1 rings (SSSR count). The highest BCUT2D eigenvalue weighted by atomic mass is 35.5. The van der Waals surface area contributed by atoms with E-state index in [1.807, 2.05) is 43.1 Å². The Morgan fingerprint density at radius 2 is 2.16 bits per heavy atom. The first kappa shape index (κ1) is 18.2. The van der Waals surface area contributed by atoms with E-state index in [0.717, 1.165) is 25.1 Å². The largest absolute Gasteiger partial charge is 0.339 e. The van der Waals surface area contributed by atoms with Gasteiger partial charge in [-0.25, -0.2) is 0 Å². The van der Waals surface area contributed by atoms with E-state index in [2.05, 4.69) is 5.32 Å². The number of carbonyl (C=O) groups excluding carboxylic acids is 1. The van der Waals surface area contributed by atoms with Crippen molar-refractivity contribution in [3.63, 3.8) is 0 Å². The summed E-state index contributed by atoms with van der Waals surface area (Å²) in [7, 11) is 1.90. The predicted octanol–water partition coefficient (Wildman–Crippen LogP) is 3.11. The van der Waals surface area contributed by atoms with Crippen molar-refractivity contribution in [1.29, 1.82) is 0 Å². The second-order valence-electron chi connectivity index (χ2n) is 4.24. The van der Waals surface area contributed by atoms with Gasteiger partial charge >= 0.3 is 0 Å². The molecule has 0 saturated heterocycles. The van der Waals surface area contributed by atoms with Crippen molar-refractivity contribution in [1.82, 2.24) is 10.2 Å². The summed E-state index contributed by atoms with van der Waals surface area (Å²) in [6, 6.07) is 7.66. The van der Waals surface area contributed by atoms with Crippen molar-refractivity contribution >= 4 is 29.9 Å². The minimum absolute atomic E-state index is 0.